The molecule has 0 fully saturated rings. The highest BCUT2D eigenvalue weighted by molar-refractivity contribution is 7.00. The Labute approximate surface area is 96.1 Å². The van der Waals surface area contributed by atoms with E-state index < -0.39 is 0 Å². The molecule has 1 aromatic heterocycles. The minimum Gasteiger partial charge on any atom is -0.207 e. The molecule has 0 aliphatic rings. The standard InChI is InChI=1S/C12H9FN2S/c1-6-3-10(13)7(2)9-5-12-11(4-8(6)9)14-16-15-12/h3-5H,1-2H3. The lowest BCUT2D eigenvalue weighted by Crippen LogP contribution is -1.89. The maximum Gasteiger partial charge on any atom is 0.127 e. The molecular formula is C12H9FN2S. The fourth-order valence-electron chi connectivity index (χ4n) is 1.97. The predicted molar refractivity (Wildman–Crippen MR) is 64.4 cm³/mol. The Morgan fingerprint density at radius 1 is 1.00 bits per heavy atom. The molecule has 3 aromatic rings. The first-order valence-corrected chi connectivity index (χ1v) is 5.71. The lowest BCUT2D eigenvalue weighted by Gasteiger charge is -2.06. The van der Waals surface area contributed by atoms with E-state index in [9.17, 15) is 4.39 Å². The van der Waals surface area contributed by atoms with E-state index in [2.05, 4.69) is 8.75 Å². The Morgan fingerprint density at radius 3 is 2.31 bits per heavy atom. The zero-order chi connectivity index (χ0) is 11.3. The third-order valence-corrected chi connectivity index (χ3v) is 3.48. The van der Waals surface area contributed by atoms with Gasteiger partial charge in [-0.05, 0) is 53.9 Å². The smallest absolute Gasteiger partial charge is 0.127 e. The van der Waals surface area contributed by atoms with Crippen molar-refractivity contribution in [2.24, 2.45) is 0 Å². The minimum absolute atomic E-state index is 0.160. The Kier molecular flexibility index (Phi) is 1.94. The van der Waals surface area contributed by atoms with Crippen LogP contribution in [0.2, 0.25) is 0 Å². The summed E-state index contributed by atoms with van der Waals surface area (Å²) in [7, 11) is 0. The van der Waals surface area contributed by atoms with Crippen molar-refractivity contribution in [1.82, 2.24) is 8.75 Å². The van der Waals surface area contributed by atoms with Gasteiger partial charge >= 0.3 is 0 Å². The average molecular weight is 232 g/mol. The van der Waals surface area contributed by atoms with Gasteiger partial charge < -0.3 is 0 Å². The molecule has 1 heterocycles. The average Bonchev–Trinajstić information content (AvgIpc) is 2.71. The first-order chi connectivity index (χ1) is 7.66. The van der Waals surface area contributed by atoms with Crippen molar-refractivity contribution in [3.63, 3.8) is 0 Å². The zero-order valence-corrected chi connectivity index (χ0v) is 9.73. The van der Waals surface area contributed by atoms with Crippen LogP contribution in [0.4, 0.5) is 4.39 Å². The Hall–Kier alpha value is -1.55. The van der Waals surface area contributed by atoms with Crippen LogP contribution in [0.3, 0.4) is 0 Å². The van der Waals surface area contributed by atoms with Gasteiger partial charge in [-0.25, -0.2) is 4.39 Å². The van der Waals surface area contributed by atoms with Gasteiger partial charge in [0.25, 0.3) is 0 Å². The molecule has 0 saturated heterocycles. The van der Waals surface area contributed by atoms with Crippen LogP contribution in [0.25, 0.3) is 21.8 Å². The van der Waals surface area contributed by atoms with Crippen LogP contribution < -0.4 is 0 Å². The highest BCUT2D eigenvalue weighted by Gasteiger charge is 2.09. The number of rotatable bonds is 0. The molecule has 0 spiro atoms. The van der Waals surface area contributed by atoms with Crippen LogP contribution in [0.15, 0.2) is 18.2 Å². The second kappa shape index (κ2) is 3.22. The van der Waals surface area contributed by atoms with Gasteiger partial charge in [-0.2, -0.15) is 8.75 Å². The summed E-state index contributed by atoms with van der Waals surface area (Å²) in [6, 6.07) is 5.47. The van der Waals surface area contributed by atoms with E-state index in [1.807, 2.05) is 19.1 Å². The van der Waals surface area contributed by atoms with E-state index in [1.54, 1.807) is 13.0 Å². The molecular weight excluding hydrogens is 223 g/mol. The maximum absolute atomic E-state index is 13.6. The monoisotopic (exact) mass is 232 g/mol. The van der Waals surface area contributed by atoms with Gasteiger partial charge in [0.2, 0.25) is 0 Å². The van der Waals surface area contributed by atoms with Crippen molar-refractivity contribution in [3.05, 3.63) is 35.1 Å². The summed E-state index contributed by atoms with van der Waals surface area (Å²) in [6.07, 6.45) is 0. The summed E-state index contributed by atoms with van der Waals surface area (Å²) < 4.78 is 22.0. The second-order valence-corrected chi connectivity index (χ2v) is 4.48. The molecule has 3 rings (SSSR count). The molecule has 0 radical (unpaired) electrons. The van der Waals surface area contributed by atoms with Crippen molar-refractivity contribution in [2.45, 2.75) is 13.8 Å². The first kappa shape index (κ1) is 9.66. The maximum atomic E-state index is 13.6. The summed E-state index contributed by atoms with van der Waals surface area (Å²) in [5.41, 5.74) is 3.33. The molecule has 80 valence electrons. The summed E-state index contributed by atoms with van der Waals surface area (Å²) in [5.74, 6) is -0.160. The van der Waals surface area contributed by atoms with Gasteiger partial charge in [0, 0.05) is 0 Å². The summed E-state index contributed by atoms with van der Waals surface area (Å²) in [4.78, 5) is 0. The minimum atomic E-state index is -0.160. The normalized spacial score (nSPS) is 11.4. The lowest BCUT2D eigenvalue weighted by atomic mass is 10.00. The summed E-state index contributed by atoms with van der Waals surface area (Å²) >= 11 is 1.19. The van der Waals surface area contributed by atoms with Crippen LogP contribution in [0, 0.1) is 19.7 Å². The van der Waals surface area contributed by atoms with E-state index in [1.165, 1.54) is 11.7 Å². The van der Waals surface area contributed by atoms with E-state index in [0.717, 1.165) is 27.4 Å². The molecule has 0 atom stereocenters. The molecule has 0 unspecified atom stereocenters. The Balaban J connectivity index is 2.58. The number of aryl methyl sites for hydroxylation is 2. The van der Waals surface area contributed by atoms with Crippen LogP contribution in [-0.2, 0) is 0 Å². The number of hydrogen-bond donors (Lipinski definition) is 0. The first-order valence-electron chi connectivity index (χ1n) is 4.98. The molecule has 2 aromatic carbocycles. The molecule has 2 nitrogen and oxygen atoms in total. The topological polar surface area (TPSA) is 25.8 Å². The molecule has 4 heteroatoms. The predicted octanol–water partition coefficient (Wildman–Crippen LogP) is 3.60. The van der Waals surface area contributed by atoms with E-state index in [0.29, 0.717) is 5.56 Å². The molecule has 0 aliphatic carbocycles. The second-order valence-electron chi connectivity index (χ2n) is 3.95. The van der Waals surface area contributed by atoms with Crippen LogP contribution >= 0.6 is 11.7 Å². The van der Waals surface area contributed by atoms with E-state index >= 15 is 0 Å². The quantitative estimate of drug-likeness (QED) is 0.592. The fourth-order valence-corrected chi connectivity index (χ4v) is 2.48. The van der Waals surface area contributed by atoms with Crippen LogP contribution in [0.5, 0.6) is 0 Å². The van der Waals surface area contributed by atoms with Gasteiger partial charge in [-0.1, -0.05) is 0 Å². The number of fused-ring (bicyclic) bond motifs is 2. The van der Waals surface area contributed by atoms with Crippen LogP contribution in [-0.4, -0.2) is 8.75 Å². The number of benzene rings is 2. The third-order valence-electron chi connectivity index (χ3n) is 2.92. The SMILES string of the molecule is Cc1cc(F)c(C)c2cc3nsnc3cc12. The molecule has 16 heavy (non-hydrogen) atoms. The molecule has 0 bridgehead atoms. The number of hydrogen-bond acceptors (Lipinski definition) is 3. The number of nitrogens with zero attached hydrogens (tertiary/aromatic N) is 2. The van der Waals surface area contributed by atoms with Crippen molar-refractivity contribution >= 4 is 33.5 Å². The summed E-state index contributed by atoms with van der Waals surface area (Å²) in [6.45, 7) is 3.71. The highest BCUT2D eigenvalue weighted by atomic mass is 32.1. The van der Waals surface area contributed by atoms with E-state index in [-0.39, 0.29) is 5.82 Å². The largest absolute Gasteiger partial charge is 0.207 e. The molecule has 0 aliphatic heterocycles. The van der Waals surface area contributed by atoms with Crippen molar-refractivity contribution in [2.75, 3.05) is 0 Å². The van der Waals surface area contributed by atoms with Gasteiger partial charge in [0.05, 0.1) is 11.7 Å². The Morgan fingerprint density at radius 2 is 1.62 bits per heavy atom. The van der Waals surface area contributed by atoms with Gasteiger partial charge in [-0.15, -0.1) is 0 Å². The third kappa shape index (κ3) is 1.23. The fraction of sp³-hybridized carbons (Fsp3) is 0.167. The molecule has 0 N–H and O–H groups in total. The highest BCUT2D eigenvalue weighted by Crippen LogP contribution is 2.28. The van der Waals surface area contributed by atoms with Gasteiger partial charge in [-0.3, -0.25) is 0 Å². The zero-order valence-electron chi connectivity index (χ0n) is 8.91. The summed E-state index contributed by atoms with van der Waals surface area (Å²) in [5, 5.41) is 1.98. The lowest BCUT2D eigenvalue weighted by molar-refractivity contribution is 0.620. The van der Waals surface area contributed by atoms with Crippen LogP contribution in [0.1, 0.15) is 11.1 Å². The number of halogens is 1. The molecule has 0 saturated carbocycles. The van der Waals surface area contributed by atoms with E-state index in [4.69, 9.17) is 0 Å². The van der Waals surface area contributed by atoms with Crippen molar-refractivity contribution in [1.29, 1.82) is 0 Å². The van der Waals surface area contributed by atoms with Crippen molar-refractivity contribution < 1.29 is 4.39 Å². The van der Waals surface area contributed by atoms with Crippen molar-refractivity contribution in [3.8, 4) is 0 Å². The van der Waals surface area contributed by atoms with Gasteiger partial charge in [0.15, 0.2) is 0 Å². The Bertz CT molecular complexity index is 703. The number of aromatic nitrogens is 2. The van der Waals surface area contributed by atoms with Gasteiger partial charge in [0.1, 0.15) is 16.9 Å². The molecule has 0 amide bonds.